The summed E-state index contributed by atoms with van der Waals surface area (Å²) in [6, 6.07) is 18.9. The number of benzene rings is 3. The van der Waals surface area contributed by atoms with Gasteiger partial charge in [-0.15, -0.1) is 18.3 Å². The van der Waals surface area contributed by atoms with Gasteiger partial charge in [-0.25, -0.2) is 14.5 Å². The maximum atomic E-state index is 12.8. The molecule has 2 amide bonds. The number of anilines is 1. The zero-order valence-electron chi connectivity index (χ0n) is 25.9. The van der Waals surface area contributed by atoms with Crippen LogP contribution >= 0.6 is 11.8 Å². The van der Waals surface area contributed by atoms with Crippen molar-refractivity contribution in [3.63, 3.8) is 0 Å². The molecule has 9 nitrogen and oxygen atoms in total. The summed E-state index contributed by atoms with van der Waals surface area (Å²) in [6.45, 7) is 7.58. The molecule has 4 aromatic rings. The Kier molecular flexibility index (Phi) is 10.2. The van der Waals surface area contributed by atoms with Crippen LogP contribution in [-0.4, -0.2) is 58.3 Å². The predicted molar refractivity (Wildman–Crippen MR) is 174 cm³/mol. The molecule has 46 heavy (non-hydrogen) atoms. The summed E-state index contributed by atoms with van der Waals surface area (Å²) in [5.74, 6) is 2.25. The van der Waals surface area contributed by atoms with Crippen LogP contribution in [0.5, 0.6) is 11.5 Å². The van der Waals surface area contributed by atoms with Crippen LogP contribution in [-0.2, 0) is 6.42 Å². The number of carbonyl (C=O) groups excluding carboxylic acids is 1. The van der Waals surface area contributed by atoms with Crippen LogP contribution in [0.2, 0.25) is 0 Å². The molecule has 5 rings (SSSR count). The van der Waals surface area contributed by atoms with Gasteiger partial charge in [-0.3, -0.25) is 0 Å². The molecule has 1 aromatic heterocycles. The standard InChI is InChI=1S/C33H35F3N6O3S/c1-21(2)28-14-13-27(44-4)18-29(28)41-15-16-46-32(41)39-31(43)37-19-22(3)17-23-5-7-24(8-6-23)30-38-20-42(40-30)25-9-11-26(12-10-25)45-33(34,35)36/h5-14,18,20-22H,15-17,19H2,1-4H3,(H,37,43). The number of aromatic nitrogens is 3. The van der Waals surface area contributed by atoms with Gasteiger partial charge in [0.1, 0.15) is 17.8 Å². The Morgan fingerprint density at radius 1 is 1.04 bits per heavy atom. The third-order valence-corrected chi connectivity index (χ3v) is 8.31. The maximum Gasteiger partial charge on any atom is 0.573 e. The summed E-state index contributed by atoms with van der Waals surface area (Å²) >= 11 is 1.57. The van der Waals surface area contributed by atoms with Crippen molar-refractivity contribution in [1.82, 2.24) is 20.1 Å². The highest BCUT2D eigenvalue weighted by atomic mass is 32.2. The lowest BCUT2D eigenvalue weighted by Crippen LogP contribution is -2.30. The summed E-state index contributed by atoms with van der Waals surface area (Å²) < 4.78 is 48.1. The Labute approximate surface area is 269 Å². The number of amides is 2. The highest BCUT2D eigenvalue weighted by Crippen LogP contribution is 2.35. The van der Waals surface area contributed by atoms with Crippen LogP contribution in [0.25, 0.3) is 17.1 Å². The van der Waals surface area contributed by atoms with E-state index in [9.17, 15) is 18.0 Å². The second-order valence-corrected chi connectivity index (χ2v) is 12.3. The number of aliphatic imine (C=N–C) groups is 1. The Morgan fingerprint density at radius 3 is 2.43 bits per heavy atom. The second kappa shape index (κ2) is 14.3. The van der Waals surface area contributed by atoms with Crippen molar-refractivity contribution in [2.24, 2.45) is 10.9 Å². The molecule has 13 heteroatoms. The molecule has 0 radical (unpaired) electrons. The minimum Gasteiger partial charge on any atom is -0.497 e. The van der Waals surface area contributed by atoms with E-state index >= 15 is 0 Å². The van der Waals surface area contributed by atoms with Gasteiger partial charge >= 0.3 is 12.4 Å². The van der Waals surface area contributed by atoms with Crippen LogP contribution in [0.4, 0.5) is 23.7 Å². The van der Waals surface area contributed by atoms with Crippen LogP contribution in [0.15, 0.2) is 78.0 Å². The number of urea groups is 1. The van der Waals surface area contributed by atoms with Gasteiger partial charge in [0.25, 0.3) is 0 Å². The highest BCUT2D eigenvalue weighted by molar-refractivity contribution is 8.14. The first-order valence-corrected chi connectivity index (χ1v) is 15.8. The number of rotatable bonds is 10. The number of nitrogens with zero attached hydrogens (tertiary/aromatic N) is 5. The minimum absolute atomic E-state index is 0.162. The van der Waals surface area contributed by atoms with Gasteiger partial charge in [0.05, 0.1) is 12.8 Å². The molecule has 1 saturated heterocycles. The summed E-state index contributed by atoms with van der Waals surface area (Å²) in [5, 5.41) is 8.09. The van der Waals surface area contributed by atoms with Crippen molar-refractivity contribution < 1.29 is 27.4 Å². The van der Waals surface area contributed by atoms with Gasteiger partial charge in [-0.1, -0.05) is 62.9 Å². The lowest BCUT2D eigenvalue weighted by atomic mass is 10.00. The zero-order chi connectivity index (χ0) is 32.8. The van der Waals surface area contributed by atoms with Crippen molar-refractivity contribution in [2.75, 3.05) is 30.9 Å². The average molecular weight is 653 g/mol. The van der Waals surface area contributed by atoms with Crippen LogP contribution in [0.1, 0.15) is 37.8 Å². The third kappa shape index (κ3) is 8.39. The Balaban J connectivity index is 1.15. The van der Waals surface area contributed by atoms with Gasteiger partial charge in [0.15, 0.2) is 11.0 Å². The summed E-state index contributed by atoms with van der Waals surface area (Å²) in [7, 11) is 1.64. The monoisotopic (exact) mass is 652 g/mol. The van der Waals surface area contributed by atoms with Gasteiger partial charge in [-0.05, 0) is 59.7 Å². The van der Waals surface area contributed by atoms with E-state index in [1.807, 2.05) is 36.4 Å². The molecule has 0 saturated carbocycles. The predicted octanol–water partition coefficient (Wildman–Crippen LogP) is 7.46. The Bertz CT molecular complexity index is 1670. The number of nitrogens with one attached hydrogen (secondary N) is 1. The van der Waals surface area contributed by atoms with Gasteiger partial charge in [-0.2, -0.15) is 4.99 Å². The summed E-state index contributed by atoms with van der Waals surface area (Å²) in [6.07, 6.45) is -2.50. The summed E-state index contributed by atoms with van der Waals surface area (Å²) in [4.78, 5) is 23.7. The third-order valence-electron chi connectivity index (χ3n) is 7.35. The number of ether oxygens (including phenoxy) is 2. The molecular weight excluding hydrogens is 617 g/mol. The molecule has 1 fully saturated rings. The average Bonchev–Trinajstić information content (AvgIpc) is 3.70. The zero-order valence-corrected chi connectivity index (χ0v) is 26.7. The van der Waals surface area contributed by atoms with E-state index in [2.05, 4.69) is 56.9 Å². The largest absolute Gasteiger partial charge is 0.573 e. The van der Waals surface area contributed by atoms with Crippen molar-refractivity contribution in [3.05, 3.63) is 84.2 Å². The molecule has 242 valence electrons. The number of thioether (sulfide) groups is 1. The number of hydrogen-bond acceptors (Lipinski definition) is 6. The molecule has 0 spiro atoms. The number of alkyl halides is 3. The lowest BCUT2D eigenvalue weighted by molar-refractivity contribution is -0.274. The molecule has 3 aromatic carbocycles. The first-order chi connectivity index (χ1) is 22.0. The second-order valence-electron chi connectivity index (χ2n) is 11.2. The number of hydrogen-bond donors (Lipinski definition) is 1. The van der Waals surface area contributed by atoms with Gasteiger partial charge < -0.3 is 19.7 Å². The Morgan fingerprint density at radius 2 is 1.76 bits per heavy atom. The SMILES string of the molecule is COc1ccc(C(C)C)c(N2CCSC2=NC(=O)NCC(C)Cc2ccc(-c3ncn(-c4ccc(OC(F)(F)F)cc4)n3)cc2)c1. The molecule has 0 aliphatic carbocycles. The van der Waals surface area contributed by atoms with Crippen molar-refractivity contribution >= 4 is 28.6 Å². The first kappa shape index (κ1) is 32.9. The topological polar surface area (TPSA) is 93.9 Å². The number of halogens is 3. The fourth-order valence-corrected chi connectivity index (χ4v) is 6.01. The smallest absolute Gasteiger partial charge is 0.497 e. The minimum atomic E-state index is -4.75. The molecule has 1 aliphatic rings. The van der Waals surface area contributed by atoms with Crippen molar-refractivity contribution in [2.45, 2.75) is 39.5 Å². The van der Waals surface area contributed by atoms with E-state index in [-0.39, 0.29) is 17.7 Å². The van der Waals surface area contributed by atoms with Crippen LogP contribution in [0, 0.1) is 5.92 Å². The molecular formula is C33H35F3N6O3S. The summed E-state index contributed by atoms with van der Waals surface area (Å²) in [5.41, 5.74) is 4.62. The Hall–Kier alpha value is -4.52. The van der Waals surface area contributed by atoms with Crippen LogP contribution in [0.3, 0.4) is 0 Å². The van der Waals surface area contributed by atoms with E-state index in [1.54, 1.807) is 18.9 Å². The molecule has 1 atom stereocenters. The van der Waals surface area contributed by atoms with E-state index in [0.717, 1.165) is 41.3 Å². The first-order valence-electron chi connectivity index (χ1n) is 14.8. The molecule has 1 unspecified atom stereocenters. The van der Waals surface area contributed by atoms with Crippen LogP contribution < -0.4 is 19.7 Å². The quantitative estimate of drug-likeness (QED) is 0.190. The molecule has 2 heterocycles. The van der Waals surface area contributed by atoms with Gasteiger partial charge in [0, 0.05) is 36.2 Å². The number of methoxy groups -OCH3 is 1. The van der Waals surface area contributed by atoms with Crippen molar-refractivity contribution in [1.29, 1.82) is 0 Å². The number of amidine groups is 1. The highest BCUT2D eigenvalue weighted by Gasteiger charge is 2.31. The number of carbonyl (C=O) groups is 1. The fraction of sp³-hybridized carbons (Fsp3) is 0.333. The van der Waals surface area contributed by atoms with E-state index in [1.165, 1.54) is 40.8 Å². The van der Waals surface area contributed by atoms with E-state index in [4.69, 9.17) is 4.74 Å². The molecule has 1 aliphatic heterocycles. The van der Waals surface area contributed by atoms with Crippen molar-refractivity contribution in [3.8, 4) is 28.6 Å². The van der Waals surface area contributed by atoms with Gasteiger partial charge in [0.2, 0.25) is 0 Å². The molecule has 1 N–H and O–H groups in total. The fourth-order valence-electron chi connectivity index (χ4n) is 5.06. The normalized spacial score (nSPS) is 15.0. The van der Waals surface area contributed by atoms with E-state index < -0.39 is 6.36 Å². The maximum absolute atomic E-state index is 12.8. The lowest BCUT2D eigenvalue weighted by Gasteiger charge is -2.23. The van der Waals surface area contributed by atoms with E-state index in [0.29, 0.717) is 29.1 Å². The molecule has 0 bridgehead atoms.